The minimum atomic E-state index is -0.151. The second-order valence-corrected chi connectivity index (χ2v) is 6.37. The maximum absolute atomic E-state index is 9.40. The Labute approximate surface area is 72.2 Å². The fraction of sp³-hybridized carbons (Fsp3) is 1.00. The van der Waals surface area contributed by atoms with E-state index >= 15 is 0 Å². The molecule has 0 saturated carbocycles. The number of hydrogen-bond acceptors (Lipinski definition) is 2. The molecule has 1 N–H and O–H groups in total. The third kappa shape index (κ3) is 2.36. The predicted octanol–water partition coefficient (Wildman–Crippen LogP) is -2.75. The molecule has 1 aliphatic rings. The van der Waals surface area contributed by atoms with Gasteiger partial charge in [-0.05, 0) is 0 Å². The summed E-state index contributed by atoms with van der Waals surface area (Å²) in [7, 11) is 0. The topological polar surface area (TPSA) is 29.5 Å². The van der Waals surface area contributed by atoms with E-state index in [-0.39, 0.29) is 27.3 Å². The van der Waals surface area contributed by atoms with Crippen LogP contribution in [0.15, 0.2) is 0 Å². The molecule has 1 rings (SSSR count). The summed E-state index contributed by atoms with van der Waals surface area (Å²) < 4.78 is 7.01. The molecule has 0 aromatic carbocycles. The van der Waals surface area contributed by atoms with Gasteiger partial charge >= 0.3 is 72.1 Å². The van der Waals surface area contributed by atoms with Crippen LogP contribution in [0.25, 0.3) is 0 Å². The molecule has 0 unspecified atom stereocenters. The molecule has 2 nitrogen and oxygen atoms in total. The summed E-state index contributed by atoms with van der Waals surface area (Å²) in [5.74, 6) is 0. The van der Waals surface area contributed by atoms with Gasteiger partial charge in [-0.25, -0.2) is 0 Å². The standard InChI is InChI=1S/C7H14IO2/c1-2-8-6-3-4-10-5-7(6)9/h6-7,9H,2-5H2,1H3/q-1/t6-,7+/m0/s1. The van der Waals surface area contributed by atoms with Crippen molar-refractivity contribution in [1.82, 2.24) is 0 Å². The summed E-state index contributed by atoms with van der Waals surface area (Å²) >= 11 is 0.237. The molecular weight excluding hydrogens is 243 g/mol. The van der Waals surface area contributed by atoms with Crippen molar-refractivity contribution < 1.29 is 31.0 Å². The monoisotopic (exact) mass is 257 g/mol. The molecule has 10 heavy (non-hydrogen) atoms. The van der Waals surface area contributed by atoms with Crippen LogP contribution in [0.2, 0.25) is 0 Å². The molecular formula is C7H14IO2-. The van der Waals surface area contributed by atoms with Crippen LogP contribution in [-0.2, 0) is 4.74 Å². The predicted molar refractivity (Wildman–Crippen MR) is 35.8 cm³/mol. The van der Waals surface area contributed by atoms with E-state index in [1.165, 1.54) is 4.43 Å². The van der Waals surface area contributed by atoms with E-state index in [1.54, 1.807) is 0 Å². The first-order chi connectivity index (χ1) is 4.84. The third-order valence-electron chi connectivity index (χ3n) is 1.60. The van der Waals surface area contributed by atoms with Gasteiger partial charge in [0.15, 0.2) is 0 Å². The van der Waals surface area contributed by atoms with Crippen LogP contribution in [0.3, 0.4) is 0 Å². The number of aliphatic hydroxyl groups excluding tert-OH is 1. The molecule has 1 heterocycles. The van der Waals surface area contributed by atoms with Gasteiger partial charge in [0.1, 0.15) is 0 Å². The van der Waals surface area contributed by atoms with E-state index in [4.69, 9.17) is 4.74 Å². The Morgan fingerprint density at radius 3 is 3.10 bits per heavy atom. The molecule has 0 spiro atoms. The van der Waals surface area contributed by atoms with Crippen molar-refractivity contribution in [2.45, 2.75) is 23.4 Å². The van der Waals surface area contributed by atoms with Gasteiger partial charge in [-0.15, -0.1) is 0 Å². The first-order valence-corrected chi connectivity index (χ1v) is 6.45. The van der Waals surface area contributed by atoms with E-state index in [0.29, 0.717) is 10.5 Å². The number of ether oxygens (including phenoxy) is 1. The first-order valence-electron chi connectivity index (χ1n) is 3.68. The van der Waals surface area contributed by atoms with Crippen molar-refractivity contribution in [2.75, 3.05) is 17.6 Å². The summed E-state index contributed by atoms with van der Waals surface area (Å²) in [5, 5.41) is 9.40. The summed E-state index contributed by atoms with van der Waals surface area (Å²) in [6.45, 7) is 3.64. The van der Waals surface area contributed by atoms with Gasteiger partial charge in [0, 0.05) is 0 Å². The van der Waals surface area contributed by atoms with Gasteiger partial charge < -0.3 is 0 Å². The van der Waals surface area contributed by atoms with Crippen LogP contribution < -0.4 is 21.2 Å². The second-order valence-electron chi connectivity index (χ2n) is 2.37. The molecule has 1 aliphatic heterocycles. The van der Waals surface area contributed by atoms with Crippen molar-refractivity contribution in [2.24, 2.45) is 0 Å². The average molecular weight is 257 g/mol. The Morgan fingerprint density at radius 2 is 2.50 bits per heavy atom. The molecule has 0 amide bonds. The van der Waals surface area contributed by atoms with E-state index in [1.807, 2.05) is 0 Å². The van der Waals surface area contributed by atoms with Gasteiger partial charge in [0.25, 0.3) is 0 Å². The molecule has 0 bridgehead atoms. The Morgan fingerprint density at radius 1 is 1.70 bits per heavy atom. The van der Waals surface area contributed by atoms with Gasteiger partial charge in [-0.1, -0.05) is 0 Å². The molecule has 0 radical (unpaired) electrons. The van der Waals surface area contributed by atoms with E-state index in [2.05, 4.69) is 6.92 Å². The summed E-state index contributed by atoms with van der Waals surface area (Å²) in [5.41, 5.74) is 0. The molecule has 0 aromatic heterocycles. The number of alkyl halides is 2. The zero-order valence-electron chi connectivity index (χ0n) is 6.22. The van der Waals surface area contributed by atoms with Crippen molar-refractivity contribution in [3.05, 3.63) is 0 Å². The quantitative estimate of drug-likeness (QED) is 0.429. The SMILES string of the molecule is CC[I-][C@H]1CCOC[C@H]1O. The Hall–Kier alpha value is 0.650. The molecule has 0 aliphatic carbocycles. The number of halogens is 1. The number of aliphatic hydroxyl groups is 1. The molecule has 62 valence electrons. The number of hydrogen-bond donors (Lipinski definition) is 1. The fourth-order valence-corrected chi connectivity index (χ4v) is 3.70. The molecule has 3 heteroatoms. The molecule has 0 aromatic rings. The zero-order chi connectivity index (χ0) is 7.40. The van der Waals surface area contributed by atoms with E-state index < -0.39 is 0 Å². The summed E-state index contributed by atoms with van der Waals surface area (Å²) in [4.78, 5) is 0. The van der Waals surface area contributed by atoms with Gasteiger partial charge in [-0.3, -0.25) is 0 Å². The van der Waals surface area contributed by atoms with Gasteiger partial charge in [0.2, 0.25) is 0 Å². The van der Waals surface area contributed by atoms with E-state index in [0.717, 1.165) is 13.0 Å². The van der Waals surface area contributed by atoms with E-state index in [9.17, 15) is 5.11 Å². The molecule has 2 atom stereocenters. The normalized spacial score (nSPS) is 34.6. The average Bonchev–Trinajstić information content (AvgIpc) is 1.94. The molecule has 1 saturated heterocycles. The molecule has 1 fully saturated rings. The van der Waals surface area contributed by atoms with Crippen molar-refractivity contribution in [3.63, 3.8) is 0 Å². The van der Waals surface area contributed by atoms with Crippen LogP contribution in [0.5, 0.6) is 0 Å². The van der Waals surface area contributed by atoms with Gasteiger partial charge in [0.05, 0.1) is 0 Å². The zero-order valence-corrected chi connectivity index (χ0v) is 8.37. The van der Waals surface area contributed by atoms with Gasteiger partial charge in [-0.2, -0.15) is 0 Å². The number of rotatable bonds is 2. The first kappa shape index (κ1) is 8.74. The van der Waals surface area contributed by atoms with Crippen molar-refractivity contribution in [1.29, 1.82) is 0 Å². The van der Waals surface area contributed by atoms with Crippen LogP contribution in [-0.4, -0.2) is 32.8 Å². The van der Waals surface area contributed by atoms with Crippen molar-refractivity contribution in [3.8, 4) is 0 Å². The third-order valence-corrected chi connectivity index (χ3v) is 5.06. The summed E-state index contributed by atoms with van der Waals surface area (Å²) in [6, 6.07) is 0. The summed E-state index contributed by atoms with van der Waals surface area (Å²) in [6.07, 6.45) is 0.934. The Bertz CT molecular complexity index is 95.6. The Balaban J connectivity index is 2.25. The second kappa shape index (κ2) is 4.51. The minimum absolute atomic E-state index is 0.151. The van der Waals surface area contributed by atoms with Crippen LogP contribution in [0.4, 0.5) is 0 Å². The van der Waals surface area contributed by atoms with Crippen LogP contribution in [0.1, 0.15) is 13.3 Å². The maximum atomic E-state index is 9.40. The van der Waals surface area contributed by atoms with Crippen molar-refractivity contribution >= 4 is 0 Å². The van der Waals surface area contributed by atoms with Crippen LogP contribution in [0, 0.1) is 0 Å². The van der Waals surface area contributed by atoms with Crippen LogP contribution >= 0.6 is 0 Å². The Kier molecular flexibility index (Phi) is 3.95. The fourth-order valence-electron chi connectivity index (χ4n) is 1.07.